The van der Waals surface area contributed by atoms with Crippen LogP contribution in [0, 0.1) is 5.41 Å². The van der Waals surface area contributed by atoms with Crippen molar-refractivity contribution in [2.45, 2.75) is 31.9 Å². The lowest BCUT2D eigenvalue weighted by molar-refractivity contribution is 0.475. The first kappa shape index (κ1) is 13.4. The molecule has 0 atom stereocenters. The van der Waals surface area contributed by atoms with Crippen LogP contribution in [-0.2, 0) is 15.8 Å². The van der Waals surface area contributed by atoms with E-state index in [1.54, 1.807) is 24.3 Å². The monoisotopic (exact) mass is 268 g/mol. The number of sulfonamides is 1. The molecule has 1 aliphatic carbocycles. The molecule has 1 saturated carbocycles. The van der Waals surface area contributed by atoms with E-state index in [0.717, 1.165) is 24.8 Å². The fourth-order valence-electron chi connectivity index (χ4n) is 1.98. The maximum Gasteiger partial charge on any atom is 0.215 e. The van der Waals surface area contributed by atoms with Crippen molar-refractivity contribution in [1.82, 2.24) is 4.72 Å². The molecular weight excluding hydrogens is 248 g/mol. The van der Waals surface area contributed by atoms with E-state index in [9.17, 15) is 8.42 Å². The van der Waals surface area contributed by atoms with Crippen molar-refractivity contribution < 1.29 is 8.42 Å². The van der Waals surface area contributed by atoms with Gasteiger partial charge in [-0.3, -0.25) is 0 Å². The van der Waals surface area contributed by atoms with Crippen LogP contribution in [0.25, 0.3) is 0 Å². The Morgan fingerprint density at radius 2 is 1.89 bits per heavy atom. The molecule has 0 radical (unpaired) electrons. The van der Waals surface area contributed by atoms with E-state index in [1.807, 2.05) is 0 Å². The first-order valence-corrected chi connectivity index (χ1v) is 7.92. The van der Waals surface area contributed by atoms with Gasteiger partial charge in [-0.05, 0) is 42.4 Å². The number of anilines is 1. The highest BCUT2D eigenvalue weighted by molar-refractivity contribution is 7.88. The molecule has 0 aliphatic heterocycles. The van der Waals surface area contributed by atoms with E-state index in [4.69, 9.17) is 5.73 Å². The minimum atomic E-state index is -3.24. The number of nitrogens with two attached hydrogens (primary N) is 1. The van der Waals surface area contributed by atoms with E-state index in [0.29, 0.717) is 12.2 Å². The van der Waals surface area contributed by atoms with Crippen molar-refractivity contribution in [1.29, 1.82) is 0 Å². The van der Waals surface area contributed by atoms with Gasteiger partial charge < -0.3 is 5.73 Å². The normalized spacial score (nSPS) is 17.6. The van der Waals surface area contributed by atoms with Gasteiger partial charge in [0, 0.05) is 12.2 Å². The molecule has 4 nitrogen and oxygen atoms in total. The number of hydrogen-bond acceptors (Lipinski definition) is 3. The molecule has 100 valence electrons. The van der Waals surface area contributed by atoms with Gasteiger partial charge in [0.1, 0.15) is 0 Å². The zero-order valence-electron chi connectivity index (χ0n) is 10.6. The molecule has 18 heavy (non-hydrogen) atoms. The molecule has 1 aromatic rings. The maximum atomic E-state index is 11.9. The van der Waals surface area contributed by atoms with Crippen molar-refractivity contribution in [3.63, 3.8) is 0 Å². The maximum absolute atomic E-state index is 11.9. The summed E-state index contributed by atoms with van der Waals surface area (Å²) in [6.45, 7) is 2.68. The molecule has 0 saturated heterocycles. The van der Waals surface area contributed by atoms with Crippen LogP contribution in [0.3, 0.4) is 0 Å². The van der Waals surface area contributed by atoms with Crippen LogP contribution < -0.4 is 10.5 Å². The third-order valence-electron chi connectivity index (χ3n) is 3.71. The van der Waals surface area contributed by atoms with Crippen LogP contribution in [0.1, 0.15) is 31.7 Å². The number of hydrogen-bond donors (Lipinski definition) is 2. The summed E-state index contributed by atoms with van der Waals surface area (Å²) in [5.41, 5.74) is 7.21. The SMILES string of the molecule is CCC1(CNS(=O)(=O)Cc2ccc(N)cc2)CC1. The first-order valence-electron chi connectivity index (χ1n) is 6.26. The highest BCUT2D eigenvalue weighted by Crippen LogP contribution is 2.47. The second-order valence-corrected chi connectivity index (χ2v) is 6.98. The number of nitrogens with one attached hydrogen (secondary N) is 1. The average molecular weight is 268 g/mol. The summed E-state index contributed by atoms with van der Waals surface area (Å²) in [5, 5.41) is 0. The Balaban J connectivity index is 1.93. The highest BCUT2D eigenvalue weighted by atomic mass is 32.2. The Labute approximate surface area is 109 Å². The van der Waals surface area contributed by atoms with Crippen molar-refractivity contribution in [2.24, 2.45) is 5.41 Å². The van der Waals surface area contributed by atoms with Gasteiger partial charge in [-0.25, -0.2) is 13.1 Å². The third kappa shape index (κ3) is 3.46. The largest absolute Gasteiger partial charge is 0.399 e. The van der Waals surface area contributed by atoms with Crippen LogP contribution in [-0.4, -0.2) is 15.0 Å². The molecule has 1 aliphatic rings. The van der Waals surface area contributed by atoms with Gasteiger partial charge in [0.15, 0.2) is 0 Å². The molecule has 0 bridgehead atoms. The summed E-state index contributed by atoms with van der Waals surface area (Å²) in [6, 6.07) is 6.95. The lowest BCUT2D eigenvalue weighted by Gasteiger charge is -2.13. The number of nitrogen functional groups attached to an aromatic ring is 1. The quantitative estimate of drug-likeness (QED) is 0.774. The molecular formula is C13H20N2O2S. The fourth-order valence-corrected chi connectivity index (χ4v) is 3.24. The van der Waals surface area contributed by atoms with Crippen LogP contribution in [0.5, 0.6) is 0 Å². The topological polar surface area (TPSA) is 72.2 Å². The summed E-state index contributed by atoms with van der Waals surface area (Å²) < 4.78 is 26.6. The fraction of sp³-hybridized carbons (Fsp3) is 0.538. The molecule has 3 N–H and O–H groups in total. The van der Waals surface area contributed by atoms with E-state index < -0.39 is 10.0 Å². The van der Waals surface area contributed by atoms with Crippen molar-refractivity contribution in [3.8, 4) is 0 Å². The predicted molar refractivity (Wildman–Crippen MR) is 73.4 cm³/mol. The number of rotatable bonds is 6. The second-order valence-electron chi connectivity index (χ2n) is 5.18. The minimum Gasteiger partial charge on any atom is -0.399 e. The molecule has 0 heterocycles. The molecule has 1 aromatic carbocycles. The Morgan fingerprint density at radius 1 is 1.28 bits per heavy atom. The molecule has 0 amide bonds. The van der Waals surface area contributed by atoms with Gasteiger partial charge >= 0.3 is 0 Å². The van der Waals surface area contributed by atoms with Crippen molar-refractivity contribution in [3.05, 3.63) is 29.8 Å². The van der Waals surface area contributed by atoms with E-state index in [1.165, 1.54) is 0 Å². The Kier molecular flexibility index (Phi) is 3.64. The molecule has 0 aromatic heterocycles. The summed E-state index contributed by atoms with van der Waals surface area (Å²) in [7, 11) is -3.24. The van der Waals surface area contributed by atoms with Gasteiger partial charge in [-0.1, -0.05) is 19.1 Å². The Bertz CT molecular complexity index is 504. The van der Waals surface area contributed by atoms with Crippen LogP contribution in [0.15, 0.2) is 24.3 Å². The van der Waals surface area contributed by atoms with E-state index in [-0.39, 0.29) is 11.2 Å². The van der Waals surface area contributed by atoms with Crippen LogP contribution in [0.2, 0.25) is 0 Å². The highest BCUT2D eigenvalue weighted by Gasteiger charge is 2.41. The zero-order chi connectivity index (χ0) is 13.2. The summed E-state index contributed by atoms with van der Waals surface area (Å²) in [6.07, 6.45) is 3.30. The van der Waals surface area contributed by atoms with Gasteiger partial charge in [0.2, 0.25) is 10.0 Å². The molecule has 0 unspecified atom stereocenters. The molecule has 1 fully saturated rings. The van der Waals surface area contributed by atoms with Crippen molar-refractivity contribution >= 4 is 15.7 Å². The zero-order valence-corrected chi connectivity index (χ0v) is 11.5. The summed E-state index contributed by atoms with van der Waals surface area (Å²) in [5.74, 6) is 0.0209. The standard InChI is InChI=1S/C13H20N2O2S/c1-2-13(7-8-13)10-15-18(16,17)9-11-3-5-12(14)6-4-11/h3-6,15H,2,7-10,14H2,1H3. The number of benzene rings is 1. The lowest BCUT2D eigenvalue weighted by Crippen LogP contribution is -2.31. The van der Waals surface area contributed by atoms with Crippen molar-refractivity contribution in [2.75, 3.05) is 12.3 Å². The minimum absolute atomic E-state index is 0.0209. The second kappa shape index (κ2) is 4.90. The van der Waals surface area contributed by atoms with Gasteiger partial charge in [-0.2, -0.15) is 0 Å². The molecule has 5 heteroatoms. The lowest BCUT2D eigenvalue weighted by atomic mass is 10.1. The average Bonchev–Trinajstić information content (AvgIpc) is 3.10. The smallest absolute Gasteiger partial charge is 0.215 e. The van der Waals surface area contributed by atoms with Gasteiger partial charge in [0.05, 0.1) is 5.75 Å². The molecule has 0 spiro atoms. The van der Waals surface area contributed by atoms with E-state index in [2.05, 4.69) is 11.6 Å². The predicted octanol–water partition coefficient (Wildman–Crippen LogP) is 1.88. The third-order valence-corrected chi connectivity index (χ3v) is 5.01. The Hall–Kier alpha value is -1.07. The summed E-state index contributed by atoms with van der Waals surface area (Å²) >= 11 is 0. The van der Waals surface area contributed by atoms with E-state index >= 15 is 0 Å². The summed E-state index contributed by atoms with van der Waals surface area (Å²) in [4.78, 5) is 0. The Morgan fingerprint density at radius 3 is 2.39 bits per heavy atom. The van der Waals surface area contributed by atoms with Gasteiger partial charge in [0.25, 0.3) is 0 Å². The van der Waals surface area contributed by atoms with Gasteiger partial charge in [-0.15, -0.1) is 0 Å². The van der Waals surface area contributed by atoms with Crippen LogP contribution >= 0.6 is 0 Å². The van der Waals surface area contributed by atoms with Crippen LogP contribution in [0.4, 0.5) is 5.69 Å². The first-order chi connectivity index (χ1) is 8.45. The molecule has 2 rings (SSSR count).